The molecule has 110 valence electrons. The molecule has 1 unspecified atom stereocenters. The molecule has 2 aromatic carbocycles. The summed E-state index contributed by atoms with van der Waals surface area (Å²) >= 11 is 3.11. The van der Waals surface area contributed by atoms with Gasteiger partial charge in [-0.25, -0.2) is 13.6 Å². The number of hydrogen-bond acceptors (Lipinski definition) is 2. The predicted octanol–water partition coefficient (Wildman–Crippen LogP) is 3.73. The van der Waals surface area contributed by atoms with Gasteiger partial charge in [-0.05, 0) is 42.0 Å². The summed E-state index contributed by atoms with van der Waals surface area (Å²) < 4.78 is 39.6. The highest BCUT2D eigenvalue weighted by atomic mass is 79.9. The standard InChI is InChI=1S/C14H9BrF2O3S/c15-10-3-8(4-11(16)6-10)7-21(20)13-5-9(14(18)19)1-2-12(13)17/h1-6H,7H2,(H,18,19). The fraction of sp³-hybridized carbons (Fsp3) is 0.0714. The van der Waals surface area contributed by atoms with Crippen LogP contribution in [0, 0.1) is 11.6 Å². The van der Waals surface area contributed by atoms with Crippen molar-refractivity contribution in [1.29, 1.82) is 0 Å². The Kier molecular flexibility index (Phi) is 4.84. The van der Waals surface area contributed by atoms with E-state index in [1.54, 1.807) is 6.07 Å². The van der Waals surface area contributed by atoms with Gasteiger partial charge in [0.15, 0.2) is 0 Å². The summed E-state index contributed by atoms with van der Waals surface area (Å²) in [5, 5.41) is 8.87. The maximum atomic E-state index is 13.7. The van der Waals surface area contributed by atoms with Crippen LogP contribution in [0.3, 0.4) is 0 Å². The maximum absolute atomic E-state index is 13.7. The zero-order valence-corrected chi connectivity index (χ0v) is 12.9. The van der Waals surface area contributed by atoms with Crippen LogP contribution in [0.1, 0.15) is 15.9 Å². The van der Waals surface area contributed by atoms with Crippen LogP contribution in [-0.4, -0.2) is 15.3 Å². The van der Waals surface area contributed by atoms with E-state index in [4.69, 9.17) is 5.11 Å². The lowest BCUT2D eigenvalue weighted by Crippen LogP contribution is -2.04. The van der Waals surface area contributed by atoms with E-state index in [1.165, 1.54) is 12.1 Å². The smallest absolute Gasteiger partial charge is 0.335 e. The molecule has 1 atom stereocenters. The van der Waals surface area contributed by atoms with Crippen molar-refractivity contribution in [3.8, 4) is 0 Å². The molecule has 0 heterocycles. The van der Waals surface area contributed by atoms with Crippen molar-refractivity contribution < 1.29 is 22.9 Å². The second-order valence-electron chi connectivity index (χ2n) is 4.22. The van der Waals surface area contributed by atoms with Crippen LogP contribution < -0.4 is 0 Å². The minimum absolute atomic E-state index is 0.115. The largest absolute Gasteiger partial charge is 0.478 e. The predicted molar refractivity (Wildman–Crippen MR) is 77.6 cm³/mol. The summed E-state index contributed by atoms with van der Waals surface area (Å²) in [6.07, 6.45) is 0. The molecule has 0 fully saturated rings. The Bertz CT molecular complexity index is 714. The van der Waals surface area contributed by atoms with Crippen molar-refractivity contribution in [2.45, 2.75) is 10.6 Å². The molecule has 0 amide bonds. The molecule has 0 bridgehead atoms. The van der Waals surface area contributed by atoms with E-state index in [0.29, 0.717) is 10.0 Å². The van der Waals surface area contributed by atoms with Crippen molar-refractivity contribution in [1.82, 2.24) is 0 Å². The SMILES string of the molecule is O=C(O)c1ccc(F)c(S(=O)Cc2cc(F)cc(Br)c2)c1. The van der Waals surface area contributed by atoms with Crippen LogP contribution in [0.2, 0.25) is 0 Å². The quantitative estimate of drug-likeness (QED) is 0.886. The second-order valence-corrected chi connectivity index (χ2v) is 6.55. The first-order valence-corrected chi connectivity index (χ1v) is 7.84. The van der Waals surface area contributed by atoms with Crippen molar-refractivity contribution in [2.24, 2.45) is 0 Å². The summed E-state index contributed by atoms with van der Waals surface area (Å²) in [6, 6.07) is 7.09. The van der Waals surface area contributed by atoms with E-state index in [2.05, 4.69) is 15.9 Å². The molecule has 0 spiro atoms. The number of carbonyl (C=O) groups is 1. The van der Waals surface area contributed by atoms with E-state index in [-0.39, 0.29) is 16.2 Å². The molecule has 0 aliphatic heterocycles. The van der Waals surface area contributed by atoms with Crippen LogP contribution in [0.5, 0.6) is 0 Å². The molecule has 1 N–H and O–H groups in total. The number of carboxylic acid groups (broad SMARTS) is 1. The number of rotatable bonds is 4. The highest BCUT2D eigenvalue weighted by Gasteiger charge is 2.15. The lowest BCUT2D eigenvalue weighted by molar-refractivity contribution is 0.0696. The molecule has 3 nitrogen and oxygen atoms in total. The minimum Gasteiger partial charge on any atom is -0.478 e. The molecule has 7 heteroatoms. The first-order chi connectivity index (χ1) is 9.86. The van der Waals surface area contributed by atoms with Gasteiger partial charge in [0.2, 0.25) is 0 Å². The summed E-state index contributed by atoms with van der Waals surface area (Å²) in [5.41, 5.74) is 0.264. The Morgan fingerprint density at radius 1 is 1.19 bits per heavy atom. The minimum atomic E-state index is -1.82. The Morgan fingerprint density at radius 2 is 1.90 bits per heavy atom. The molecule has 0 aliphatic carbocycles. The third-order valence-corrected chi connectivity index (χ3v) is 4.50. The van der Waals surface area contributed by atoms with Crippen LogP contribution in [0.4, 0.5) is 8.78 Å². The molecule has 0 saturated heterocycles. The van der Waals surface area contributed by atoms with Crippen LogP contribution >= 0.6 is 15.9 Å². The average molecular weight is 375 g/mol. The number of hydrogen-bond donors (Lipinski definition) is 1. The molecule has 0 radical (unpaired) electrons. The summed E-state index contributed by atoms with van der Waals surface area (Å²) in [5.74, 6) is -2.61. The van der Waals surface area contributed by atoms with Gasteiger partial charge in [0.05, 0.1) is 27.0 Å². The summed E-state index contributed by atoms with van der Waals surface area (Å²) in [7, 11) is -1.82. The van der Waals surface area contributed by atoms with Crippen LogP contribution in [-0.2, 0) is 16.6 Å². The molecule has 21 heavy (non-hydrogen) atoms. The first kappa shape index (κ1) is 15.8. The number of benzene rings is 2. The molecule has 0 aromatic heterocycles. The van der Waals surface area contributed by atoms with E-state index in [0.717, 1.165) is 18.2 Å². The Morgan fingerprint density at radius 3 is 2.52 bits per heavy atom. The average Bonchev–Trinajstić information content (AvgIpc) is 2.37. The Hall–Kier alpha value is -1.60. The third kappa shape index (κ3) is 3.95. The van der Waals surface area contributed by atoms with E-state index >= 15 is 0 Å². The van der Waals surface area contributed by atoms with Crippen LogP contribution in [0.25, 0.3) is 0 Å². The van der Waals surface area contributed by atoms with Gasteiger partial charge in [-0.15, -0.1) is 0 Å². The lowest BCUT2D eigenvalue weighted by atomic mass is 10.2. The zero-order valence-electron chi connectivity index (χ0n) is 10.5. The molecule has 2 rings (SSSR count). The zero-order chi connectivity index (χ0) is 15.6. The van der Waals surface area contributed by atoms with Crippen LogP contribution in [0.15, 0.2) is 45.8 Å². The van der Waals surface area contributed by atoms with Crippen molar-refractivity contribution >= 4 is 32.7 Å². The van der Waals surface area contributed by atoms with Gasteiger partial charge in [-0.3, -0.25) is 4.21 Å². The second kappa shape index (κ2) is 6.44. The molecule has 0 aliphatic rings. The van der Waals surface area contributed by atoms with Gasteiger partial charge >= 0.3 is 5.97 Å². The normalized spacial score (nSPS) is 12.1. The molecular weight excluding hydrogens is 366 g/mol. The lowest BCUT2D eigenvalue weighted by Gasteiger charge is -2.06. The van der Waals surface area contributed by atoms with Gasteiger partial charge in [-0.2, -0.15) is 0 Å². The van der Waals surface area contributed by atoms with Gasteiger partial charge in [0.25, 0.3) is 0 Å². The van der Waals surface area contributed by atoms with Crippen molar-refractivity contribution in [2.75, 3.05) is 0 Å². The molecular formula is C14H9BrF2O3S. The van der Waals surface area contributed by atoms with Gasteiger partial charge < -0.3 is 5.11 Å². The topological polar surface area (TPSA) is 54.4 Å². The Balaban J connectivity index is 2.31. The fourth-order valence-corrected chi connectivity index (χ4v) is 3.42. The highest BCUT2D eigenvalue weighted by Crippen LogP contribution is 2.21. The van der Waals surface area contributed by atoms with E-state index < -0.39 is 28.4 Å². The van der Waals surface area contributed by atoms with E-state index in [9.17, 15) is 17.8 Å². The van der Waals surface area contributed by atoms with Crippen molar-refractivity contribution in [3.63, 3.8) is 0 Å². The molecule has 0 saturated carbocycles. The van der Waals surface area contributed by atoms with Gasteiger partial charge in [0.1, 0.15) is 11.6 Å². The third-order valence-electron chi connectivity index (χ3n) is 2.64. The Labute approximate surface area is 130 Å². The first-order valence-electron chi connectivity index (χ1n) is 5.73. The molecule has 2 aromatic rings. The summed E-state index contributed by atoms with van der Waals surface area (Å²) in [6.45, 7) is 0. The van der Waals surface area contributed by atoms with Gasteiger partial charge in [-0.1, -0.05) is 15.9 Å². The highest BCUT2D eigenvalue weighted by molar-refractivity contribution is 9.10. The number of carboxylic acids is 1. The number of halogens is 3. The summed E-state index contributed by atoms with van der Waals surface area (Å²) in [4.78, 5) is 10.6. The monoisotopic (exact) mass is 374 g/mol. The fourth-order valence-electron chi connectivity index (χ4n) is 1.73. The van der Waals surface area contributed by atoms with Gasteiger partial charge in [0, 0.05) is 4.47 Å². The van der Waals surface area contributed by atoms with Crippen molar-refractivity contribution in [3.05, 3.63) is 63.6 Å². The van der Waals surface area contributed by atoms with E-state index in [1.807, 2.05) is 0 Å². The number of aromatic carboxylic acids is 1. The maximum Gasteiger partial charge on any atom is 0.335 e.